The van der Waals surface area contributed by atoms with Crippen LogP contribution in [-0.2, 0) is 5.41 Å². The lowest BCUT2D eigenvalue weighted by atomic mass is 9.86. The first-order valence-electron chi connectivity index (χ1n) is 6.40. The molecule has 1 aromatic carbocycles. The summed E-state index contributed by atoms with van der Waals surface area (Å²) in [6, 6.07) is 7.69. The molecule has 0 bridgehead atoms. The van der Waals surface area contributed by atoms with E-state index in [4.69, 9.17) is 0 Å². The largest absolute Gasteiger partial charge is 0.394 e. The predicted octanol–water partition coefficient (Wildman–Crippen LogP) is 2.24. The minimum atomic E-state index is -0.347. The summed E-state index contributed by atoms with van der Waals surface area (Å²) in [5.41, 5.74) is 1.61. The zero-order chi connectivity index (χ0) is 13.4. The van der Waals surface area contributed by atoms with Crippen molar-refractivity contribution < 1.29 is 9.90 Å². The average Bonchev–Trinajstić information content (AvgIpc) is 3.08. The molecule has 0 aliphatic heterocycles. The van der Waals surface area contributed by atoms with Crippen molar-refractivity contribution in [3.8, 4) is 0 Å². The van der Waals surface area contributed by atoms with E-state index < -0.39 is 0 Å². The summed E-state index contributed by atoms with van der Waals surface area (Å²) >= 11 is 0. The number of aliphatic hydroxyl groups excluding tert-OH is 1. The summed E-state index contributed by atoms with van der Waals surface area (Å²) in [5.74, 6) is -0.0954. The zero-order valence-electron chi connectivity index (χ0n) is 11.3. The average molecular weight is 247 g/mol. The number of aliphatic hydroxyl groups is 1. The van der Waals surface area contributed by atoms with E-state index in [1.165, 1.54) is 5.56 Å². The molecule has 3 nitrogen and oxygen atoms in total. The molecule has 0 spiro atoms. The number of hydrogen-bond donors (Lipinski definition) is 2. The van der Waals surface area contributed by atoms with Gasteiger partial charge in [0.25, 0.3) is 5.91 Å². The van der Waals surface area contributed by atoms with Crippen molar-refractivity contribution in [3.05, 3.63) is 35.4 Å². The first kappa shape index (κ1) is 13.1. The fourth-order valence-electron chi connectivity index (χ4n) is 1.91. The van der Waals surface area contributed by atoms with Gasteiger partial charge in [-0.3, -0.25) is 4.79 Å². The van der Waals surface area contributed by atoms with Crippen LogP contribution in [0.5, 0.6) is 0 Å². The summed E-state index contributed by atoms with van der Waals surface area (Å²) in [5, 5.41) is 12.1. The van der Waals surface area contributed by atoms with Crippen molar-refractivity contribution in [2.75, 3.05) is 6.61 Å². The molecule has 2 rings (SSSR count). The highest BCUT2D eigenvalue weighted by Gasteiger charge is 2.43. The molecule has 0 heterocycles. The lowest BCUT2D eigenvalue weighted by Crippen LogP contribution is -2.39. The minimum Gasteiger partial charge on any atom is -0.394 e. The fourth-order valence-corrected chi connectivity index (χ4v) is 1.91. The Bertz CT molecular complexity index is 439. The number of carbonyl (C=O) groups excluding carboxylic acids is 1. The normalized spacial score (nSPS) is 17.3. The first-order chi connectivity index (χ1) is 8.36. The van der Waals surface area contributed by atoms with Crippen molar-refractivity contribution in [1.29, 1.82) is 0 Å². The highest BCUT2D eigenvalue weighted by Crippen LogP contribution is 2.34. The maximum Gasteiger partial charge on any atom is 0.251 e. The topological polar surface area (TPSA) is 49.3 Å². The molecule has 1 aliphatic rings. The van der Waals surface area contributed by atoms with Crippen LogP contribution in [0.1, 0.15) is 49.5 Å². The van der Waals surface area contributed by atoms with Crippen molar-refractivity contribution >= 4 is 5.91 Å². The second-order valence-corrected chi connectivity index (χ2v) is 6.22. The molecule has 0 atom stereocenters. The van der Waals surface area contributed by atoms with Crippen LogP contribution in [0.3, 0.4) is 0 Å². The van der Waals surface area contributed by atoms with Crippen LogP contribution < -0.4 is 5.32 Å². The Morgan fingerprint density at radius 2 is 1.83 bits per heavy atom. The van der Waals surface area contributed by atoms with Gasteiger partial charge in [0, 0.05) is 5.56 Å². The Morgan fingerprint density at radius 1 is 1.28 bits per heavy atom. The summed E-state index contributed by atoms with van der Waals surface area (Å²) in [4.78, 5) is 12.0. The lowest BCUT2D eigenvalue weighted by molar-refractivity contribution is 0.0906. The van der Waals surface area contributed by atoms with Gasteiger partial charge >= 0.3 is 0 Å². The molecule has 98 valence electrons. The third kappa shape index (κ3) is 2.72. The Hall–Kier alpha value is -1.35. The van der Waals surface area contributed by atoms with E-state index in [1.807, 2.05) is 24.3 Å². The van der Waals surface area contributed by atoms with E-state index in [1.54, 1.807) is 0 Å². The maximum absolute atomic E-state index is 12.0. The highest BCUT2D eigenvalue weighted by molar-refractivity contribution is 5.95. The molecule has 0 saturated heterocycles. The standard InChI is InChI=1S/C15H21NO2/c1-14(2,3)12-6-4-11(5-7-12)13(18)16-15(10-17)8-9-15/h4-7,17H,8-10H2,1-3H3,(H,16,18). The summed E-state index contributed by atoms with van der Waals surface area (Å²) < 4.78 is 0. The first-order valence-corrected chi connectivity index (χ1v) is 6.40. The Morgan fingerprint density at radius 3 is 2.22 bits per heavy atom. The van der Waals surface area contributed by atoms with Gasteiger partial charge in [-0.25, -0.2) is 0 Å². The molecule has 0 radical (unpaired) electrons. The predicted molar refractivity (Wildman–Crippen MR) is 71.7 cm³/mol. The second-order valence-electron chi connectivity index (χ2n) is 6.22. The van der Waals surface area contributed by atoms with Crippen LogP contribution in [-0.4, -0.2) is 23.2 Å². The number of benzene rings is 1. The fraction of sp³-hybridized carbons (Fsp3) is 0.533. The molecule has 0 aromatic heterocycles. The van der Waals surface area contributed by atoms with Crippen LogP contribution in [0.25, 0.3) is 0 Å². The van der Waals surface area contributed by atoms with Crippen molar-refractivity contribution in [2.24, 2.45) is 0 Å². The molecule has 18 heavy (non-hydrogen) atoms. The molecule has 1 fully saturated rings. The molecule has 1 aliphatic carbocycles. The van der Waals surface area contributed by atoms with Crippen LogP contribution in [0.4, 0.5) is 0 Å². The number of rotatable bonds is 3. The number of carbonyl (C=O) groups is 1. The van der Waals surface area contributed by atoms with Crippen molar-refractivity contribution in [1.82, 2.24) is 5.32 Å². The third-order valence-electron chi connectivity index (χ3n) is 3.55. The monoisotopic (exact) mass is 247 g/mol. The Kier molecular flexibility index (Phi) is 3.20. The van der Waals surface area contributed by atoms with Gasteiger partial charge in [-0.05, 0) is 36.0 Å². The molecule has 1 saturated carbocycles. The van der Waals surface area contributed by atoms with E-state index in [9.17, 15) is 9.90 Å². The van der Waals surface area contributed by atoms with Gasteiger partial charge in [0.15, 0.2) is 0 Å². The van der Waals surface area contributed by atoms with E-state index in [0.29, 0.717) is 5.56 Å². The molecular formula is C15H21NO2. The van der Waals surface area contributed by atoms with Crippen LogP contribution in [0.2, 0.25) is 0 Å². The SMILES string of the molecule is CC(C)(C)c1ccc(C(=O)NC2(CO)CC2)cc1. The summed E-state index contributed by atoms with van der Waals surface area (Å²) in [6.45, 7) is 6.46. The van der Waals surface area contributed by atoms with E-state index in [2.05, 4.69) is 26.1 Å². The Balaban J connectivity index is 2.08. The van der Waals surface area contributed by atoms with Crippen LogP contribution >= 0.6 is 0 Å². The van der Waals surface area contributed by atoms with Crippen molar-refractivity contribution in [3.63, 3.8) is 0 Å². The number of amides is 1. The maximum atomic E-state index is 12.0. The number of nitrogens with one attached hydrogen (secondary N) is 1. The van der Waals surface area contributed by atoms with Gasteiger partial charge in [0.05, 0.1) is 12.1 Å². The zero-order valence-corrected chi connectivity index (χ0v) is 11.3. The summed E-state index contributed by atoms with van der Waals surface area (Å²) in [7, 11) is 0. The van der Waals surface area contributed by atoms with Crippen molar-refractivity contribution in [2.45, 2.75) is 44.6 Å². The van der Waals surface area contributed by atoms with E-state index in [0.717, 1.165) is 12.8 Å². The second kappa shape index (κ2) is 4.39. The lowest BCUT2D eigenvalue weighted by Gasteiger charge is -2.19. The summed E-state index contributed by atoms with van der Waals surface area (Å²) in [6.07, 6.45) is 1.74. The van der Waals surface area contributed by atoms with Gasteiger partial charge in [-0.1, -0.05) is 32.9 Å². The Labute approximate surface area is 108 Å². The van der Waals surface area contributed by atoms with Crippen LogP contribution in [0, 0.1) is 0 Å². The molecular weight excluding hydrogens is 226 g/mol. The van der Waals surface area contributed by atoms with Gasteiger partial charge < -0.3 is 10.4 Å². The molecule has 1 aromatic rings. The minimum absolute atomic E-state index is 0.0266. The van der Waals surface area contributed by atoms with E-state index in [-0.39, 0.29) is 23.5 Å². The number of hydrogen-bond acceptors (Lipinski definition) is 2. The molecule has 2 N–H and O–H groups in total. The third-order valence-corrected chi connectivity index (χ3v) is 3.55. The quantitative estimate of drug-likeness (QED) is 0.860. The van der Waals surface area contributed by atoms with E-state index >= 15 is 0 Å². The smallest absolute Gasteiger partial charge is 0.251 e. The van der Waals surface area contributed by atoms with Gasteiger partial charge in [0.2, 0.25) is 0 Å². The van der Waals surface area contributed by atoms with Crippen LogP contribution in [0.15, 0.2) is 24.3 Å². The van der Waals surface area contributed by atoms with Gasteiger partial charge in [-0.2, -0.15) is 0 Å². The van der Waals surface area contributed by atoms with Gasteiger partial charge in [-0.15, -0.1) is 0 Å². The highest BCUT2D eigenvalue weighted by atomic mass is 16.3. The molecule has 1 amide bonds. The molecule has 3 heteroatoms. The van der Waals surface area contributed by atoms with Gasteiger partial charge in [0.1, 0.15) is 0 Å². The molecule has 0 unspecified atom stereocenters.